The van der Waals surface area contributed by atoms with E-state index in [0.29, 0.717) is 39.8 Å². The van der Waals surface area contributed by atoms with Crippen molar-refractivity contribution in [3.8, 4) is 103 Å². The van der Waals surface area contributed by atoms with Crippen molar-refractivity contribution in [3.63, 3.8) is 0 Å². The fourth-order valence-corrected chi connectivity index (χ4v) is 18.5. The first-order valence-electron chi connectivity index (χ1n) is 36.0. The first kappa shape index (κ1) is 64.9. The highest BCUT2D eigenvalue weighted by Gasteiger charge is 2.70. The lowest BCUT2D eigenvalue weighted by Gasteiger charge is -2.59. The summed E-state index contributed by atoms with van der Waals surface area (Å²) in [4.78, 5) is 0. The Kier molecular flexibility index (Phi) is 14.6. The van der Waals surface area contributed by atoms with Crippen molar-refractivity contribution >= 4 is 0 Å². The van der Waals surface area contributed by atoms with Crippen LogP contribution in [0.15, 0.2) is 212 Å². The highest BCUT2D eigenvalue weighted by molar-refractivity contribution is 5.90. The zero-order chi connectivity index (χ0) is 72.4. The Labute approximate surface area is 610 Å². The van der Waals surface area contributed by atoms with E-state index < -0.39 is 5.41 Å². The molecule has 0 heterocycles. The van der Waals surface area contributed by atoms with Gasteiger partial charge in [-0.2, -0.15) is 31.6 Å². The van der Waals surface area contributed by atoms with Crippen molar-refractivity contribution in [2.45, 2.75) is 128 Å². The van der Waals surface area contributed by atoms with Crippen molar-refractivity contribution in [3.05, 3.63) is 351 Å². The lowest BCUT2D eigenvalue weighted by Crippen LogP contribution is -2.52. The lowest BCUT2D eigenvalue weighted by atomic mass is 9.42. The molecule has 0 aromatic heterocycles. The average molecular weight is 1340 g/mol. The van der Waals surface area contributed by atoms with Crippen LogP contribution in [0.3, 0.4) is 0 Å². The van der Waals surface area contributed by atoms with Gasteiger partial charge >= 0.3 is 0 Å². The van der Waals surface area contributed by atoms with Crippen LogP contribution in [0, 0.1) is 88.8 Å². The Balaban J connectivity index is 0.730. The Hall–Kier alpha value is -12.4. The van der Waals surface area contributed by atoms with Crippen LogP contribution in [-0.4, -0.2) is 0 Å². The molecule has 0 saturated heterocycles. The number of fused-ring (bicyclic) bond motifs is 7. The fourth-order valence-electron chi connectivity index (χ4n) is 18.5. The Morgan fingerprint density at radius 2 is 0.567 bits per heavy atom. The third kappa shape index (κ3) is 9.67. The molecule has 0 fully saturated rings. The lowest BCUT2D eigenvalue weighted by molar-refractivity contribution is 0.333. The van der Waals surface area contributed by atoms with Crippen LogP contribution in [0.2, 0.25) is 0 Å². The van der Waals surface area contributed by atoms with Gasteiger partial charge in [0.05, 0.1) is 69.8 Å². The molecule has 18 rings (SSSR count). The number of hydrogen-bond donors (Lipinski definition) is 0. The quantitative estimate of drug-likeness (QED) is 0.141. The van der Waals surface area contributed by atoms with Gasteiger partial charge in [0.15, 0.2) is 0 Å². The third-order valence-corrected chi connectivity index (χ3v) is 24.0. The molecule has 0 N–H and O–H groups in total. The standard InChI is InChI=1S/C98H74N6/c1-54-12-17-57(18-13-54)76-44-86-85(38-67(76)51-102)93-87-39-68(52-103)78(58-19-14-55(2)15-20-58)46-90(87)98(93)89-40-69(53-104)77(45-88(89)94(86)98)62-21-16-56(3)63(34-62)47-97(10,11)72-32-26-61(27-33-72)75-43-84-81(37-66(75)50-101)91-79-35-64(48-99)73(59-22-28-70(29-23-59)95(4,5)6)41-82(79)92(84)83-42-74(65(49-100)36-80(83)91)60-24-30-71(31-25-60)96(7,8)9/h12-46,91-94H,47H2,1-11H3. The van der Waals surface area contributed by atoms with Crippen LogP contribution in [0.5, 0.6) is 0 Å². The summed E-state index contributed by atoms with van der Waals surface area (Å²) >= 11 is 0. The molecule has 6 aliphatic rings. The van der Waals surface area contributed by atoms with Gasteiger partial charge in [-0.15, -0.1) is 0 Å². The van der Waals surface area contributed by atoms with E-state index in [2.05, 4.69) is 325 Å². The van der Waals surface area contributed by atoms with Crippen LogP contribution >= 0.6 is 0 Å². The van der Waals surface area contributed by atoms with Crippen molar-refractivity contribution in [1.82, 2.24) is 0 Å². The van der Waals surface area contributed by atoms with Crippen molar-refractivity contribution in [1.29, 1.82) is 31.6 Å². The van der Waals surface area contributed by atoms with Crippen molar-refractivity contribution < 1.29 is 0 Å². The monoisotopic (exact) mass is 1330 g/mol. The Bertz CT molecular complexity index is 5900. The van der Waals surface area contributed by atoms with Gasteiger partial charge in [0.25, 0.3) is 0 Å². The maximum absolute atomic E-state index is 11.3. The minimum Gasteiger partial charge on any atom is -0.192 e. The summed E-state index contributed by atoms with van der Waals surface area (Å²) in [6, 6.07) is 91.1. The van der Waals surface area contributed by atoms with E-state index in [1.807, 2.05) is 0 Å². The van der Waals surface area contributed by atoms with Crippen LogP contribution in [-0.2, 0) is 28.1 Å². The highest BCUT2D eigenvalue weighted by Crippen LogP contribution is 2.78. The highest BCUT2D eigenvalue weighted by atomic mass is 14.7. The molecule has 0 amide bonds. The van der Waals surface area contributed by atoms with E-state index >= 15 is 0 Å². The van der Waals surface area contributed by atoms with Crippen LogP contribution in [0.25, 0.3) is 66.8 Å². The number of hydrogen-bond acceptors (Lipinski definition) is 6. The predicted octanol–water partition coefficient (Wildman–Crippen LogP) is 22.8. The molecule has 0 aliphatic heterocycles. The van der Waals surface area contributed by atoms with Crippen molar-refractivity contribution in [2.24, 2.45) is 0 Å². The van der Waals surface area contributed by atoms with Gasteiger partial charge in [-0.3, -0.25) is 0 Å². The largest absolute Gasteiger partial charge is 0.192 e. The molecule has 2 bridgehead atoms. The normalized spacial score (nSPS) is 17.2. The minimum atomic E-state index is -0.487. The summed E-state index contributed by atoms with van der Waals surface area (Å²) in [6.45, 7) is 24.1. The molecule has 0 saturated carbocycles. The third-order valence-electron chi connectivity index (χ3n) is 24.0. The van der Waals surface area contributed by atoms with E-state index in [-0.39, 0.29) is 39.9 Å². The summed E-state index contributed by atoms with van der Waals surface area (Å²) in [5, 5.41) is 66.0. The van der Waals surface area contributed by atoms with Crippen LogP contribution in [0.4, 0.5) is 0 Å². The van der Waals surface area contributed by atoms with Crippen molar-refractivity contribution in [2.75, 3.05) is 0 Å². The van der Waals surface area contributed by atoms with E-state index in [1.54, 1.807) is 0 Å². The summed E-state index contributed by atoms with van der Waals surface area (Å²) in [5.41, 5.74) is 35.3. The second-order valence-electron chi connectivity index (χ2n) is 32.5. The Morgan fingerprint density at radius 3 is 0.962 bits per heavy atom. The fraction of sp³-hybridized carbons (Fsp3) is 0.204. The molecule has 12 aromatic rings. The molecule has 3 unspecified atom stereocenters. The predicted molar refractivity (Wildman–Crippen MR) is 414 cm³/mol. The first-order valence-corrected chi connectivity index (χ1v) is 36.0. The number of aryl methyl sites for hydroxylation is 3. The SMILES string of the molecule is Cc1ccc(-c2cc3c(cc2C#N)C2c4cc(C#N)c(-c5ccc(C)cc5)cc4C24c2cc(C#N)c(-c5ccc(C)c(CC(C)(C)c6ccc(-c7cc8c(cc7C#N)C7c9cc(C#N)c(-c%10ccc(C(C)(C)C)cc%10)cc9C8c8cc(-c9ccc(C(C)(C)C)cc9)c(C#N)cc87)cc6)c5)cc2C34)cc1. The van der Waals surface area contributed by atoms with E-state index in [4.69, 9.17) is 0 Å². The van der Waals surface area contributed by atoms with E-state index in [1.165, 1.54) is 33.4 Å². The summed E-state index contributed by atoms with van der Waals surface area (Å²) in [6.07, 6.45) is 0.712. The maximum Gasteiger partial charge on any atom is 0.0998 e. The number of nitrogens with zero attached hydrogens (tertiary/aromatic N) is 6. The minimum absolute atomic E-state index is 0.0409. The second-order valence-corrected chi connectivity index (χ2v) is 32.5. The van der Waals surface area contributed by atoms with Gasteiger partial charge in [-0.25, -0.2) is 0 Å². The zero-order valence-corrected chi connectivity index (χ0v) is 60.4. The molecule has 104 heavy (non-hydrogen) atoms. The molecular weight excluding hydrogens is 1260 g/mol. The topological polar surface area (TPSA) is 143 Å². The second kappa shape index (κ2) is 23.3. The van der Waals surface area contributed by atoms with Gasteiger partial charge < -0.3 is 0 Å². The van der Waals surface area contributed by atoms with E-state index in [9.17, 15) is 31.6 Å². The summed E-state index contributed by atoms with van der Waals surface area (Å²) < 4.78 is 0. The molecule has 6 heteroatoms. The molecule has 1 spiro atoms. The number of rotatable bonds is 9. The van der Waals surface area contributed by atoms with E-state index in [0.717, 1.165) is 139 Å². The van der Waals surface area contributed by atoms with Gasteiger partial charge in [-0.05, 0) is 278 Å². The maximum atomic E-state index is 11.3. The molecule has 6 aliphatic carbocycles. The molecule has 6 nitrogen and oxygen atoms in total. The molecule has 0 radical (unpaired) electrons. The van der Waals surface area contributed by atoms with Gasteiger partial charge in [0, 0.05) is 29.1 Å². The van der Waals surface area contributed by atoms with Crippen LogP contribution in [0.1, 0.15) is 218 Å². The Morgan fingerprint density at radius 1 is 0.288 bits per heavy atom. The number of benzene rings is 12. The van der Waals surface area contributed by atoms with Gasteiger partial charge in [-0.1, -0.05) is 206 Å². The molecule has 12 aromatic carbocycles. The zero-order valence-electron chi connectivity index (χ0n) is 60.4. The smallest absolute Gasteiger partial charge is 0.0998 e. The molecule has 496 valence electrons. The average Bonchev–Trinajstić information content (AvgIpc) is 1.42. The number of nitriles is 6. The van der Waals surface area contributed by atoms with Gasteiger partial charge in [0.1, 0.15) is 0 Å². The summed E-state index contributed by atoms with van der Waals surface area (Å²) in [7, 11) is 0. The summed E-state index contributed by atoms with van der Waals surface area (Å²) in [5.74, 6) is -0.751. The van der Waals surface area contributed by atoms with Gasteiger partial charge in [0.2, 0.25) is 0 Å². The first-order chi connectivity index (χ1) is 50.0. The van der Waals surface area contributed by atoms with Crippen LogP contribution < -0.4 is 0 Å². The molecular formula is C98H74N6. The molecule has 3 atom stereocenters.